The van der Waals surface area contributed by atoms with E-state index in [4.69, 9.17) is 5.11 Å². The van der Waals surface area contributed by atoms with Crippen molar-refractivity contribution in [2.75, 3.05) is 26.2 Å². The maximum atomic E-state index is 9.92. The maximum absolute atomic E-state index is 9.92. The van der Waals surface area contributed by atoms with Crippen LogP contribution in [0, 0.1) is 0 Å². The van der Waals surface area contributed by atoms with Gasteiger partial charge in [-0.25, -0.2) is 4.79 Å². The molecule has 0 heterocycles. The third-order valence-corrected chi connectivity index (χ3v) is 1.53. The summed E-state index contributed by atoms with van der Waals surface area (Å²) in [6, 6.07) is 0. The van der Waals surface area contributed by atoms with Crippen LogP contribution in [0.1, 0.15) is 27.7 Å². The highest BCUT2D eigenvalue weighted by Crippen LogP contribution is 1.86. The maximum Gasteiger partial charge on any atom is 0.505 e. The molecule has 0 amide bonds. The first-order chi connectivity index (χ1) is 6.20. The third kappa shape index (κ3) is 11.2. The van der Waals surface area contributed by atoms with Crippen molar-refractivity contribution in [1.82, 2.24) is 4.90 Å². The Bertz CT molecular complexity index is 113. The molecule has 0 atom stereocenters. The van der Waals surface area contributed by atoms with Gasteiger partial charge in [-0.1, -0.05) is 27.7 Å². The van der Waals surface area contributed by atoms with Crippen LogP contribution in [0.5, 0.6) is 0 Å². The van der Waals surface area contributed by atoms with E-state index in [-0.39, 0.29) is 6.61 Å². The second-order valence-electron chi connectivity index (χ2n) is 2.14. The number of carboxylic acid groups (broad SMARTS) is 1. The smallest absolute Gasteiger partial charge is 0.450 e. The zero-order chi connectivity index (χ0) is 10.7. The number of likely N-dealkylation sites (N-methyl/N-ethyl adjacent to an activating group) is 1. The predicted octanol–water partition coefficient (Wildman–Crippen LogP) is 2.05. The molecule has 0 fully saturated rings. The lowest BCUT2D eigenvalue weighted by Gasteiger charge is -2.16. The van der Waals surface area contributed by atoms with E-state index in [1.807, 2.05) is 27.7 Å². The van der Waals surface area contributed by atoms with Gasteiger partial charge >= 0.3 is 6.16 Å². The summed E-state index contributed by atoms with van der Waals surface area (Å²) >= 11 is 0. The molecule has 80 valence electrons. The first kappa shape index (κ1) is 14.7. The van der Waals surface area contributed by atoms with E-state index in [1.165, 1.54) is 0 Å². The molecule has 0 aromatic heterocycles. The summed E-state index contributed by atoms with van der Waals surface area (Å²) in [4.78, 5) is 12.0. The lowest BCUT2D eigenvalue weighted by Crippen LogP contribution is -2.27. The summed E-state index contributed by atoms with van der Waals surface area (Å²) in [5, 5.41) is 8.13. The van der Waals surface area contributed by atoms with Crippen LogP contribution in [-0.2, 0) is 4.74 Å². The second kappa shape index (κ2) is 11.2. The van der Waals surface area contributed by atoms with Gasteiger partial charge in [0.15, 0.2) is 0 Å². The summed E-state index contributed by atoms with van der Waals surface area (Å²) in [5.74, 6) is 0. The molecule has 0 saturated carbocycles. The molecule has 0 aromatic carbocycles. The van der Waals surface area contributed by atoms with Gasteiger partial charge in [-0.3, -0.25) is 0 Å². The van der Waals surface area contributed by atoms with Gasteiger partial charge in [-0.15, -0.1) is 0 Å². The van der Waals surface area contributed by atoms with Crippen LogP contribution in [0.15, 0.2) is 0 Å². The fraction of sp³-hybridized carbons (Fsp3) is 0.889. The van der Waals surface area contributed by atoms with Crippen molar-refractivity contribution in [2.45, 2.75) is 27.7 Å². The van der Waals surface area contributed by atoms with Gasteiger partial charge in [-0.05, 0) is 13.1 Å². The lowest BCUT2D eigenvalue weighted by atomic mass is 10.5. The first-order valence-corrected chi connectivity index (χ1v) is 4.78. The van der Waals surface area contributed by atoms with Crippen molar-refractivity contribution in [3.63, 3.8) is 0 Å². The van der Waals surface area contributed by atoms with Crippen molar-refractivity contribution in [3.05, 3.63) is 0 Å². The monoisotopic (exact) mass is 191 g/mol. The Morgan fingerprint density at radius 1 is 1.31 bits per heavy atom. The molecule has 0 spiro atoms. The molecule has 0 unspecified atom stereocenters. The second-order valence-corrected chi connectivity index (χ2v) is 2.14. The van der Waals surface area contributed by atoms with Crippen LogP contribution in [0.2, 0.25) is 0 Å². The topological polar surface area (TPSA) is 49.8 Å². The van der Waals surface area contributed by atoms with E-state index in [9.17, 15) is 4.79 Å². The average Bonchev–Trinajstić information content (AvgIpc) is 2.15. The Labute approximate surface area is 80.5 Å². The molecule has 4 heteroatoms. The van der Waals surface area contributed by atoms with Gasteiger partial charge < -0.3 is 14.7 Å². The van der Waals surface area contributed by atoms with Crippen LogP contribution in [0.4, 0.5) is 4.79 Å². The van der Waals surface area contributed by atoms with Crippen molar-refractivity contribution >= 4 is 6.16 Å². The number of hydrogen-bond acceptors (Lipinski definition) is 3. The Morgan fingerprint density at radius 2 is 1.77 bits per heavy atom. The molecule has 0 bridgehead atoms. The van der Waals surface area contributed by atoms with Gasteiger partial charge in [-0.2, -0.15) is 0 Å². The Morgan fingerprint density at radius 3 is 2.08 bits per heavy atom. The third-order valence-electron chi connectivity index (χ3n) is 1.53. The van der Waals surface area contributed by atoms with Crippen LogP contribution in [0.3, 0.4) is 0 Å². The average molecular weight is 191 g/mol. The van der Waals surface area contributed by atoms with E-state index in [0.717, 1.165) is 13.1 Å². The van der Waals surface area contributed by atoms with E-state index < -0.39 is 6.16 Å². The fourth-order valence-electron chi connectivity index (χ4n) is 0.802. The minimum absolute atomic E-state index is 0.261. The van der Waals surface area contributed by atoms with E-state index in [2.05, 4.69) is 9.64 Å². The number of hydrogen-bond donors (Lipinski definition) is 1. The Kier molecular flexibility index (Phi) is 12.7. The highest BCUT2D eigenvalue weighted by atomic mass is 16.7. The highest BCUT2D eigenvalue weighted by Gasteiger charge is 2.00. The molecule has 4 nitrogen and oxygen atoms in total. The van der Waals surface area contributed by atoms with Crippen LogP contribution < -0.4 is 0 Å². The standard InChI is InChI=1S/C7H15NO3.C2H6/c1-3-8(4-2)5-6-11-7(9)10;1-2/h3-6H2,1-2H3,(H,9,10);1-2H3. The van der Waals surface area contributed by atoms with Gasteiger partial charge in [0.05, 0.1) is 0 Å². The number of nitrogens with zero attached hydrogens (tertiary/aromatic N) is 1. The molecule has 0 radical (unpaired) electrons. The van der Waals surface area contributed by atoms with Crippen LogP contribution in [-0.4, -0.2) is 42.4 Å². The number of rotatable bonds is 5. The van der Waals surface area contributed by atoms with Crippen molar-refractivity contribution < 1.29 is 14.6 Å². The minimum Gasteiger partial charge on any atom is -0.450 e. The van der Waals surface area contributed by atoms with E-state index in [1.54, 1.807) is 0 Å². The van der Waals surface area contributed by atoms with Crippen LogP contribution in [0.25, 0.3) is 0 Å². The molecule has 0 aliphatic heterocycles. The molecule has 0 rings (SSSR count). The summed E-state index contributed by atoms with van der Waals surface area (Å²) in [6.07, 6.45) is -1.20. The molecule has 0 aliphatic rings. The quantitative estimate of drug-likeness (QED) is 0.676. The molecular weight excluding hydrogens is 170 g/mol. The largest absolute Gasteiger partial charge is 0.505 e. The van der Waals surface area contributed by atoms with Crippen molar-refractivity contribution in [1.29, 1.82) is 0 Å². The number of carbonyl (C=O) groups is 1. The zero-order valence-corrected chi connectivity index (χ0v) is 9.04. The van der Waals surface area contributed by atoms with Gasteiger partial charge in [0.2, 0.25) is 0 Å². The fourth-order valence-corrected chi connectivity index (χ4v) is 0.802. The SMILES string of the molecule is CC.CCN(CC)CCOC(=O)O. The minimum atomic E-state index is -1.20. The van der Waals surface area contributed by atoms with Gasteiger partial charge in [0.1, 0.15) is 6.61 Å². The molecule has 0 saturated heterocycles. The summed E-state index contributed by atoms with van der Waals surface area (Å²) in [6.45, 7) is 10.9. The summed E-state index contributed by atoms with van der Waals surface area (Å²) < 4.78 is 4.35. The molecular formula is C9H21NO3. The summed E-state index contributed by atoms with van der Waals surface area (Å²) in [5.41, 5.74) is 0. The van der Waals surface area contributed by atoms with E-state index in [0.29, 0.717) is 6.54 Å². The first-order valence-electron chi connectivity index (χ1n) is 4.78. The Balaban J connectivity index is 0. The number of ether oxygens (including phenoxy) is 1. The normalized spacial score (nSPS) is 9.00. The van der Waals surface area contributed by atoms with Gasteiger partial charge in [0.25, 0.3) is 0 Å². The van der Waals surface area contributed by atoms with Crippen molar-refractivity contribution in [3.8, 4) is 0 Å². The summed E-state index contributed by atoms with van der Waals surface area (Å²) in [7, 11) is 0. The predicted molar refractivity (Wildman–Crippen MR) is 53.1 cm³/mol. The lowest BCUT2D eigenvalue weighted by molar-refractivity contribution is 0.0816. The molecule has 0 aliphatic carbocycles. The molecule has 13 heavy (non-hydrogen) atoms. The van der Waals surface area contributed by atoms with Crippen molar-refractivity contribution in [2.24, 2.45) is 0 Å². The van der Waals surface area contributed by atoms with Gasteiger partial charge in [0, 0.05) is 6.54 Å². The highest BCUT2D eigenvalue weighted by molar-refractivity contribution is 5.56. The molecule has 1 N–H and O–H groups in total. The zero-order valence-electron chi connectivity index (χ0n) is 9.04. The van der Waals surface area contributed by atoms with E-state index >= 15 is 0 Å². The molecule has 0 aromatic rings. The van der Waals surface area contributed by atoms with Crippen LogP contribution >= 0.6 is 0 Å². The Hall–Kier alpha value is -0.770.